The SMILES string of the molecule is COc1cc(CN)cc(Cl)c1OCc1ccccc1C#N. The van der Waals surface area contributed by atoms with Crippen molar-refractivity contribution in [3.63, 3.8) is 0 Å². The van der Waals surface area contributed by atoms with Gasteiger partial charge in [-0.2, -0.15) is 5.26 Å². The Labute approximate surface area is 128 Å². The number of nitriles is 1. The van der Waals surface area contributed by atoms with Crippen LogP contribution in [0.25, 0.3) is 0 Å². The van der Waals surface area contributed by atoms with Gasteiger partial charge in [-0.15, -0.1) is 0 Å². The summed E-state index contributed by atoms with van der Waals surface area (Å²) in [6.45, 7) is 0.607. The van der Waals surface area contributed by atoms with E-state index in [1.165, 1.54) is 0 Å². The summed E-state index contributed by atoms with van der Waals surface area (Å²) in [6.07, 6.45) is 0. The standard InChI is InChI=1S/C16H15ClN2O2/c1-20-15-7-11(8-18)6-14(17)16(15)21-10-13-5-3-2-4-12(13)9-19/h2-7H,8,10,18H2,1H3. The largest absolute Gasteiger partial charge is 0.493 e. The van der Waals surface area contributed by atoms with Gasteiger partial charge < -0.3 is 15.2 Å². The summed E-state index contributed by atoms with van der Waals surface area (Å²) in [6, 6.07) is 12.9. The molecule has 2 aromatic carbocycles. The molecule has 0 fully saturated rings. The lowest BCUT2D eigenvalue weighted by molar-refractivity contribution is 0.284. The second-order valence-corrected chi connectivity index (χ2v) is 4.78. The fourth-order valence-electron chi connectivity index (χ4n) is 1.94. The average molecular weight is 303 g/mol. The Balaban J connectivity index is 2.26. The molecule has 0 unspecified atom stereocenters. The number of nitrogens with two attached hydrogens (primary N) is 1. The summed E-state index contributed by atoms with van der Waals surface area (Å²) in [4.78, 5) is 0. The molecule has 5 heteroatoms. The molecular formula is C16H15ClN2O2. The summed E-state index contributed by atoms with van der Waals surface area (Å²) < 4.78 is 11.0. The Morgan fingerprint density at radius 1 is 1.29 bits per heavy atom. The van der Waals surface area contributed by atoms with Gasteiger partial charge in [-0.25, -0.2) is 0 Å². The van der Waals surface area contributed by atoms with E-state index in [4.69, 9.17) is 32.1 Å². The van der Waals surface area contributed by atoms with Crippen LogP contribution in [0, 0.1) is 11.3 Å². The highest BCUT2D eigenvalue weighted by Crippen LogP contribution is 2.37. The van der Waals surface area contributed by atoms with Gasteiger partial charge in [0.2, 0.25) is 0 Å². The molecule has 0 aliphatic rings. The number of hydrogen-bond donors (Lipinski definition) is 1. The second kappa shape index (κ2) is 6.98. The first kappa shape index (κ1) is 15.2. The summed E-state index contributed by atoms with van der Waals surface area (Å²) in [5.41, 5.74) is 7.83. The van der Waals surface area contributed by atoms with Crippen molar-refractivity contribution in [1.29, 1.82) is 5.26 Å². The Hall–Kier alpha value is -2.22. The summed E-state index contributed by atoms with van der Waals surface area (Å²) in [5.74, 6) is 0.974. The molecule has 21 heavy (non-hydrogen) atoms. The molecule has 0 aromatic heterocycles. The van der Waals surface area contributed by atoms with Gasteiger partial charge >= 0.3 is 0 Å². The first-order valence-corrected chi connectivity index (χ1v) is 6.74. The van der Waals surface area contributed by atoms with Crippen molar-refractivity contribution < 1.29 is 9.47 Å². The van der Waals surface area contributed by atoms with Crippen LogP contribution in [0.3, 0.4) is 0 Å². The van der Waals surface area contributed by atoms with Gasteiger partial charge in [-0.3, -0.25) is 0 Å². The Bertz CT molecular complexity index is 680. The van der Waals surface area contributed by atoms with Crippen LogP contribution in [-0.2, 0) is 13.2 Å². The van der Waals surface area contributed by atoms with Crippen molar-refractivity contribution >= 4 is 11.6 Å². The Morgan fingerprint density at radius 2 is 2.05 bits per heavy atom. The topological polar surface area (TPSA) is 68.3 Å². The fourth-order valence-corrected chi connectivity index (χ4v) is 2.22. The molecule has 4 nitrogen and oxygen atoms in total. The molecule has 0 amide bonds. The van der Waals surface area contributed by atoms with Crippen LogP contribution < -0.4 is 15.2 Å². The molecular weight excluding hydrogens is 288 g/mol. The minimum absolute atomic E-state index is 0.238. The van der Waals surface area contributed by atoms with E-state index in [0.717, 1.165) is 11.1 Å². The molecule has 0 atom stereocenters. The molecule has 0 bridgehead atoms. The number of halogens is 1. The lowest BCUT2D eigenvalue weighted by Gasteiger charge is -2.14. The van der Waals surface area contributed by atoms with Crippen molar-refractivity contribution in [2.24, 2.45) is 5.73 Å². The minimum atomic E-state index is 0.238. The predicted octanol–water partition coefficient (Wildman–Crippen LogP) is 3.26. The van der Waals surface area contributed by atoms with Gasteiger partial charge in [0.15, 0.2) is 11.5 Å². The summed E-state index contributed by atoms with van der Waals surface area (Å²) >= 11 is 6.21. The third-order valence-corrected chi connectivity index (χ3v) is 3.32. The summed E-state index contributed by atoms with van der Waals surface area (Å²) in [7, 11) is 1.54. The second-order valence-electron chi connectivity index (χ2n) is 4.37. The van der Waals surface area contributed by atoms with E-state index in [1.807, 2.05) is 18.2 Å². The number of hydrogen-bond acceptors (Lipinski definition) is 4. The van der Waals surface area contributed by atoms with Crippen LogP contribution in [0.4, 0.5) is 0 Å². The van der Waals surface area contributed by atoms with Gasteiger partial charge in [0, 0.05) is 12.1 Å². The maximum absolute atomic E-state index is 9.07. The van der Waals surface area contributed by atoms with Crippen LogP contribution in [0.15, 0.2) is 36.4 Å². The number of rotatable bonds is 5. The minimum Gasteiger partial charge on any atom is -0.493 e. The van der Waals surface area contributed by atoms with Crippen molar-refractivity contribution in [1.82, 2.24) is 0 Å². The quantitative estimate of drug-likeness (QED) is 0.920. The van der Waals surface area contributed by atoms with Crippen molar-refractivity contribution in [3.8, 4) is 17.6 Å². The van der Waals surface area contributed by atoms with Crippen LogP contribution in [0.5, 0.6) is 11.5 Å². The molecule has 2 aromatic rings. The lowest BCUT2D eigenvalue weighted by atomic mass is 10.1. The molecule has 0 radical (unpaired) electrons. The number of benzene rings is 2. The number of methoxy groups -OCH3 is 1. The lowest BCUT2D eigenvalue weighted by Crippen LogP contribution is -2.02. The molecule has 0 saturated heterocycles. The zero-order chi connectivity index (χ0) is 15.2. The predicted molar refractivity (Wildman–Crippen MR) is 81.4 cm³/mol. The average Bonchev–Trinajstić information content (AvgIpc) is 2.53. The van der Waals surface area contributed by atoms with Crippen LogP contribution in [-0.4, -0.2) is 7.11 Å². The highest BCUT2D eigenvalue weighted by atomic mass is 35.5. The highest BCUT2D eigenvalue weighted by Gasteiger charge is 2.12. The molecule has 2 N–H and O–H groups in total. The van der Waals surface area contributed by atoms with Gasteiger partial charge in [0.25, 0.3) is 0 Å². The zero-order valence-corrected chi connectivity index (χ0v) is 12.4. The first-order chi connectivity index (χ1) is 10.2. The fraction of sp³-hybridized carbons (Fsp3) is 0.188. The van der Waals surface area contributed by atoms with E-state index >= 15 is 0 Å². The molecule has 0 heterocycles. The smallest absolute Gasteiger partial charge is 0.180 e. The van der Waals surface area contributed by atoms with Crippen molar-refractivity contribution in [2.75, 3.05) is 7.11 Å². The molecule has 108 valence electrons. The maximum Gasteiger partial charge on any atom is 0.180 e. The first-order valence-electron chi connectivity index (χ1n) is 6.37. The summed E-state index contributed by atoms with van der Waals surface area (Å²) in [5, 5.41) is 9.50. The monoisotopic (exact) mass is 302 g/mol. The molecule has 0 aliphatic heterocycles. The molecule has 0 aliphatic carbocycles. The number of ether oxygens (including phenoxy) is 2. The molecule has 0 spiro atoms. The molecule has 0 saturated carbocycles. The van der Waals surface area contributed by atoms with Crippen LogP contribution >= 0.6 is 11.6 Å². The van der Waals surface area contributed by atoms with Gasteiger partial charge in [-0.05, 0) is 23.8 Å². The van der Waals surface area contributed by atoms with E-state index in [1.54, 1.807) is 25.3 Å². The number of nitrogens with zero attached hydrogens (tertiary/aromatic N) is 1. The zero-order valence-electron chi connectivity index (χ0n) is 11.6. The molecule has 2 rings (SSSR count). The van der Waals surface area contributed by atoms with Crippen LogP contribution in [0.1, 0.15) is 16.7 Å². The van der Waals surface area contributed by atoms with E-state index in [0.29, 0.717) is 28.6 Å². The van der Waals surface area contributed by atoms with Crippen LogP contribution in [0.2, 0.25) is 5.02 Å². The Kier molecular flexibility index (Phi) is 5.04. The third kappa shape index (κ3) is 3.46. The van der Waals surface area contributed by atoms with Gasteiger partial charge in [0.1, 0.15) is 6.61 Å². The normalized spacial score (nSPS) is 10.0. The van der Waals surface area contributed by atoms with Crippen molar-refractivity contribution in [2.45, 2.75) is 13.2 Å². The van der Waals surface area contributed by atoms with E-state index in [2.05, 4.69) is 6.07 Å². The third-order valence-electron chi connectivity index (χ3n) is 3.03. The van der Waals surface area contributed by atoms with Gasteiger partial charge in [0.05, 0.1) is 23.8 Å². The van der Waals surface area contributed by atoms with E-state index < -0.39 is 0 Å². The maximum atomic E-state index is 9.07. The highest BCUT2D eigenvalue weighted by molar-refractivity contribution is 6.32. The van der Waals surface area contributed by atoms with E-state index in [-0.39, 0.29) is 6.61 Å². The Morgan fingerprint density at radius 3 is 2.71 bits per heavy atom. The van der Waals surface area contributed by atoms with Gasteiger partial charge in [-0.1, -0.05) is 29.8 Å². The van der Waals surface area contributed by atoms with E-state index in [9.17, 15) is 0 Å². The van der Waals surface area contributed by atoms with Crippen molar-refractivity contribution in [3.05, 3.63) is 58.1 Å².